The lowest BCUT2D eigenvalue weighted by Gasteiger charge is -2.50. The van der Waals surface area contributed by atoms with Crippen molar-refractivity contribution in [3.05, 3.63) is 70.2 Å². The van der Waals surface area contributed by atoms with Crippen molar-refractivity contribution in [2.24, 2.45) is 0 Å². The fourth-order valence-corrected chi connectivity index (χ4v) is 4.42. The smallest absolute Gasteiger partial charge is 0.256 e. The number of piperidine rings is 1. The highest BCUT2D eigenvalue weighted by atomic mass is 16.3. The molecule has 7 nitrogen and oxygen atoms in total. The van der Waals surface area contributed by atoms with Gasteiger partial charge < -0.3 is 14.6 Å². The Hall–Kier alpha value is -3.19. The lowest BCUT2D eigenvalue weighted by atomic mass is 9.91. The summed E-state index contributed by atoms with van der Waals surface area (Å²) in [5.74, 6) is 0.648. The summed E-state index contributed by atoms with van der Waals surface area (Å²) >= 11 is 0. The predicted molar refractivity (Wildman–Crippen MR) is 110 cm³/mol. The normalized spacial score (nSPS) is 18.7. The highest BCUT2D eigenvalue weighted by Crippen LogP contribution is 2.34. The second-order valence-corrected chi connectivity index (χ2v) is 7.78. The maximum atomic E-state index is 12.8. The summed E-state index contributed by atoms with van der Waals surface area (Å²) in [5, 5.41) is 3.81. The van der Waals surface area contributed by atoms with E-state index in [9.17, 15) is 9.59 Å². The summed E-state index contributed by atoms with van der Waals surface area (Å²) in [7, 11) is 1.99. The predicted octanol–water partition coefficient (Wildman–Crippen LogP) is 2.36. The molecule has 0 atom stereocenters. The van der Waals surface area contributed by atoms with Crippen molar-refractivity contribution in [2.75, 3.05) is 25.0 Å². The number of aromatic nitrogens is 1. The number of likely N-dealkylation sites (tertiary alicyclic amines) is 1. The van der Waals surface area contributed by atoms with Crippen LogP contribution in [0.1, 0.15) is 28.8 Å². The molecule has 5 rings (SSSR count). The molecule has 0 unspecified atom stereocenters. The molecule has 0 aliphatic carbocycles. The Morgan fingerprint density at radius 1 is 1.14 bits per heavy atom. The van der Waals surface area contributed by atoms with Gasteiger partial charge in [-0.05, 0) is 24.3 Å². The summed E-state index contributed by atoms with van der Waals surface area (Å²) in [6, 6.07) is 10.9. The van der Waals surface area contributed by atoms with E-state index in [1.807, 2.05) is 19.2 Å². The molecule has 2 aromatic heterocycles. The van der Waals surface area contributed by atoms with E-state index in [1.165, 1.54) is 0 Å². The molecule has 2 aliphatic heterocycles. The molecule has 0 bridgehead atoms. The molecular weight excluding hydrogens is 368 g/mol. The van der Waals surface area contributed by atoms with Crippen LogP contribution >= 0.6 is 0 Å². The Labute approximate surface area is 167 Å². The maximum absolute atomic E-state index is 12.8. The zero-order valence-corrected chi connectivity index (χ0v) is 16.2. The van der Waals surface area contributed by atoms with E-state index >= 15 is 0 Å². The highest BCUT2D eigenvalue weighted by Gasteiger charge is 2.44. The highest BCUT2D eigenvalue weighted by molar-refractivity contribution is 6.01. The van der Waals surface area contributed by atoms with Crippen LogP contribution in [0.25, 0.3) is 11.0 Å². The number of hydrogen-bond acceptors (Lipinski definition) is 6. The minimum absolute atomic E-state index is 0.0216. The molecule has 148 valence electrons. The molecule has 0 saturated carbocycles. The van der Waals surface area contributed by atoms with Crippen LogP contribution in [0, 0.1) is 0 Å². The Morgan fingerprint density at radius 2 is 1.93 bits per heavy atom. The van der Waals surface area contributed by atoms with Crippen molar-refractivity contribution in [2.45, 2.75) is 25.0 Å². The van der Waals surface area contributed by atoms with Gasteiger partial charge in [0.15, 0.2) is 5.43 Å². The molecule has 1 saturated heterocycles. The molecule has 1 fully saturated rings. The van der Waals surface area contributed by atoms with Crippen LogP contribution in [0.3, 0.4) is 0 Å². The fraction of sp³-hybridized carbons (Fsp3) is 0.318. The fourth-order valence-electron chi connectivity index (χ4n) is 4.42. The summed E-state index contributed by atoms with van der Waals surface area (Å²) in [5.41, 5.74) is 1.46. The van der Waals surface area contributed by atoms with E-state index in [0.29, 0.717) is 28.6 Å². The van der Waals surface area contributed by atoms with Gasteiger partial charge in [0.1, 0.15) is 17.1 Å². The van der Waals surface area contributed by atoms with E-state index in [0.717, 1.165) is 31.7 Å². The van der Waals surface area contributed by atoms with E-state index in [2.05, 4.69) is 20.1 Å². The van der Waals surface area contributed by atoms with E-state index in [4.69, 9.17) is 4.42 Å². The number of carbonyl (C=O) groups is 1. The third kappa shape index (κ3) is 2.89. The summed E-state index contributed by atoms with van der Waals surface area (Å²) in [6.07, 6.45) is 4.80. The number of anilines is 1. The lowest BCUT2D eigenvalue weighted by Crippen LogP contribution is -2.66. The number of para-hydroxylation sites is 1. The van der Waals surface area contributed by atoms with Crippen LogP contribution < -0.4 is 15.6 Å². The van der Waals surface area contributed by atoms with Gasteiger partial charge in [0.2, 0.25) is 0 Å². The van der Waals surface area contributed by atoms with Gasteiger partial charge in [-0.25, -0.2) is 4.98 Å². The van der Waals surface area contributed by atoms with Crippen LogP contribution in [0.15, 0.2) is 58.1 Å². The van der Waals surface area contributed by atoms with Gasteiger partial charge in [-0.3, -0.25) is 14.5 Å². The molecule has 29 heavy (non-hydrogen) atoms. The minimum atomic E-state index is -0.441. The first-order valence-corrected chi connectivity index (χ1v) is 9.81. The van der Waals surface area contributed by atoms with Gasteiger partial charge in [-0.2, -0.15) is 0 Å². The number of nitrogens with zero attached hydrogens (tertiary/aromatic N) is 3. The van der Waals surface area contributed by atoms with Crippen molar-refractivity contribution in [3.63, 3.8) is 0 Å². The molecule has 1 N–H and O–H groups in total. The van der Waals surface area contributed by atoms with Crippen molar-refractivity contribution in [1.82, 2.24) is 15.2 Å². The van der Waals surface area contributed by atoms with Crippen molar-refractivity contribution in [3.8, 4) is 0 Å². The number of carbonyl (C=O) groups excluding carboxylic acids is 1. The van der Waals surface area contributed by atoms with Crippen molar-refractivity contribution >= 4 is 22.7 Å². The van der Waals surface area contributed by atoms with Crippen LogP contribution in [0.2, 0.25) is 0 Å². The number of amides is 1. The number of benzene rings is 1. The van der Waals surface area contributed by atoms with Gasteiger partial charge >= 0.3 is 0 Å². The zero-order valence-electron chi connectivity index (χ0n) is 16.2. The number of fused-ring (bicyclic) bond motifs is 2. The summed E-state index contributed by atoms with van der Waals surface area (Å²) < 4.78 is 5.64. The maximum Gasteiger partial charge on any atom is 0.256 e. The number of rotatable bonds is 2. The Balaban J connectivity index is 1.34. The zero-order chi connectivity index (χ0) is 20.0. The Kier molecular flexibility index (Phi) is 4.13. The van der Waals surface area contributed by atoms with Gasteiger partial charge in [-0.15, -0.1) is 0 Å². The van der Waals surface area contributed by atoms with Crippen LogP contribution in [0.5, 0.6) is 0 Å². The van der Waals surface area contributed by atoms with Crippen LogP contribution in [0.4, 0.5) is 5.82 Å². The summed E-state index contributed by atoms with van der Waals surface area (Å²) in [4.78, 5) is 34.1. The molecule has 1 amide bonds. The standard InChI is InChI=1S/C22H22N4O3/c1-25-20-17(6-4-10-23-20)21(28)24-22(25)8-11-26(12-9-22)13-15-14-29-18-7-3-2-5-16(18)19(15)27/h2-7,10,14H,8-9,11-13H2,1H3,(H,24,28). The van der Waals surface area contributed by atoms with Gasteiger partial charge in [0.05, 0.1) is 17.2 Å². The minimum Gasteiger partial charge on any atom is -0.464 e. The second kappa shape index (κ2) is 6.70. The third-order valence-corrected chi connectivity index (χ3v) is 6.17. The monoisotopic (exact) mass is 390 g/mol. The van der Waals surface area contributed by atoms with Gasteiger partial charge in [0, 0.05) is 51.3 Å². The molecule has 0 radical (unpaired) electrons. The van der Waals surface area contributed by atoms with Crippen LogP contribution in [-0.4, -0.2) is 41.6 Å². The second-order valence-electron chi connectivity index (χ2n) is 7.78. The molecule has 2 aliphatic rings. The largest absolute Gasteiger partial charge is 0.464 e. The average molecular weight is 390 g/mol. The van der Waals surface area contributed by atoms with Crippen molar-refractivity contribution < 1.29 is 9.21 Å². The number of pyridine rings is 1. The quantitative estimate of drug-likeness (QED) is 0.724. The first-order valence-electron chi connectivity index (χ1n) is 9.81. The Bertz CT molecular complexity index is 1150. The SMILES string of the molecule is CN1c2ncccc2C(=O)NC12CCN(Cc1coc3ccccc3c1=O)CC2. The molecule has 1 spiro atoms. The van der Waals surface area contributed by atoms with E-state index < -0.39 is 5.66 Å². The number of nitrogens with one attached hydrogen (secondary N) is 1. The molecule has 1 aromatic carbocycles. The molecular formula is C22H22N4O3. The molecule has 3 aromatic rings. The summed E-state index contributed by atoms with van der Waals surface area (Å²) in [6.45, 7) is 2.06. The van der Waals surface area contributed by atoms with Gasteiger partial charge in [0.25, 0.3) is 5.91 Å². The first kappa shape index (κ1) is 17.9. The third-order valence-electron chi connectivity index (χ3n) is 6.17. The lowest BCUT2D eigenvalue weighted by molar-refractivity contribution is 0.0770. The van der Waals surface area contributed by atoms with Crippen LogP contribution in [-0.2, 0) is 6.54 Å². The Morgan fingerprint density at radius 3 is 2.76 bits per heavy atom. The molecule has 4 heterocycles. The average Bonchev–Trinajstić information content (AvgIpc) is 2.76. The van der Waals surface area contributed by atoms with E-state index in [-0.39, 0.29) is 11.3 Å². The van der Waals surface area contributed by atoms with E-state index in [1.54, 1.807) is 36.7 Å². The van der Waals surface area contributed by atoms with Gasteiger partial charge in [-0.1, -0.05) is 12.1 Å². The topological polar surface area (TPSA) is 78.7 Å². The number of hydrogen-bond donors (Lipinski definition) is 1. The molecule has 7 heteroatoms. The van der Waals surface area contributed by atoms with Crippen molar-refractivity contribution in [1.29, 1.82) is 0 Å². The first-order chi connectivity index (χ1) is 14.1.